The minimum atomic E-state index is 0.614. The third-order valence-corrected chi connectivity index (χ3v) is 4.29. The number of hydrogen-bond donors (Lipinski definition) is 0. The predicted octanol–water partition coefficient (Wildman–Crippen LogP) is 2.73. The van der Waals surface area contributed by atoms with E-state index in [1.807, 2.05) is 12.1 Å². The number of aryl methyl sites for hydroxylation is 1. The van der Waals surface area contributed by atoms with Crippen LogP contribution in [0.25, 0.3) is 0 Å². The minimum Gasteiger partial charge on any atom is -0.371 e. The Morgan fingerprint density at radius 1 is 1.37 bits per heavy atom. The van der Waals surface area contributed by atoms with E-state index in [1.54, 1.807) is 0 Å². The SMILES string of the molecule is CCN1CCC(N(C)c2ccc(C=O)cc2C)CC1. The molecule has 1 aromatic carbocycles. The summed E-state index contributed by atoms with van der Waals surface area (Å²) in [6.45, 7) is 7.85. The van der Waals surface area contributed by atoms with Crippen molar-refractivity contribution in [3.63, 3.8) is 0 Å². The molecule has 19 heavy (non-hydrogen) atoms. The fourth-order valence-electron chi connectivity index (χ4n) is 2.97. The Bertz CT molecular complexity index is 436. The van der Waals surface area contributed by atoms with Crippen LogP contribution in [0.5, 0.6) is 0 Å². The molecule has 0 bridgehead atoms. The maximum absolute atomic E-state index is 10.8. The van der Waals surface area contributed by atoms with Crippen LogP contribution < -0.4 is 4.90 Å². The predicted molar refractivity (Wildman–Crippen MR) is 80.1 cm³/mol. The number of hydrogen-bond acceptors (Lipinski definition) is 3. The third kappa shape index (κ3) is 3.16. The lowest BCUT2D eigenvalue weighted by Gasteiger charge is -2.38. The molecule has 2 rings (SSSR count). The molecule has 3 heteroatoms. The molecular formula is C16H24N2O. The largest absolute Gasteiger partial charge is 0.371 e. The van der Waals surface area contributed by atoms with Crippen LogP contribution >= 0.6 is 0 Å². The van der Waals surface area contributed by atoms with Gasteiger partial charge in [-0.05, 0) is 50.1 Å². The van der Waals surface area contributed by atoms with Crippen molar-refractivity contribution < 1.29 is 4.79 Å². The van der Waals surface area contributed by atoms with Gasteiger partial charge in [0.15, 0.2) is 0 Å². The zero-order chi connectivity index (χ0) is 13.8. The zero-order valence-electron chi connectivity index (χ0n) is 12.2. The van der Waals surface area contributed by atoms with Crippen molar-refractivity contribution in [1.29, 1.82) is 0 Å². The van der Waals surface area contributed by atoms with E-state index in [2.05, 4.69) is 36.8 Å². The number of likely N-dealkylation sites (tertiary alicyclic amines) is 1. The summed E-state index contributed by atoms with van der Waals surface area (Å²) in [5.74, 6) is 0. The maximum Gasteiger partial charge on any atom is 0.150 e. The minimum absolute atomic E-state index is 0.614. The lowest BCUT2D eigenvalue weighted by molar-refractivity contribution is 0.112. The highest BCUT2D eigenvalue weighted by atomic mass is 16.1. The molecule has 0 saturated carbocycles. The molecule has 1 fully saturated rings. The molecule has 1 aliphatic heterocycles. The Kier molecular flexibility index (Phi) is 4.59. The van der Waals surface area contributed by atoms with E-state index >= 15 is 0 Å². The van der Waals surface area contributed by atoms with Gasteiger partial charge in [0.25, 0.3) is 0 Å². The van der Waals surface area contributed by atoms with Crippen molar-refractivity contribution in [3.05, 3.63) is 29.3 Å². The molecule has 1 heterocycles. The molecule has 0 aliphatic carbocycles. The second-order valence-corrected chi connectivity index (χ2v) is 5.44. The first kappa shape index (κ1) is 14.1. The van der Waals surface area contributed by atoms with Gasteiger partial charge in [0.05, 0.1) is 0 Å². The van der Waals surface area contributed by atoms with Crippen molar-refractivity contribution in [2.75, 3.05) is 31.6 Å². The lowest BCUT2D eigenvalue weighted by Crippen LogP contribution is -2.43. The molecular weight excluding hydrogens is 236 g/mol. The number of nitrogens with zero attached hydrogens (tertiary/aromatic N) is 2. The summed E-state index contributed by atoms with van der Waals surface area (Å²) in [5, 5.41) is 0. The molecule has 0 N–H and O–H groups in total. The highest BCUT2D eigenvalue weighted by Crippen LogP contribution is 2.25. The molecule has 0 atom stereocenters. The van der Waals surface area contributed by atoms with Crippen LogP contribution in [0.3, 0.4) is 0 Å². The number of piperidine rings is 1. The van der Waals surface area contributed by atoms with Gasteiger partial charge in [-0.3, -0.25) is 4.79 Å². The second-order valence-electron chi connectivity index (χ2n) is 5.44. The standard InChI is InChI=1S/C16H24N2O/c1-4-18-9-7-15(8-10-18)17(3)16-6-5-14(12-19)11-13(16)2/h5-6,11-12,15H,4,7-10H2,1-3H3. The Morgan fingerprint density at radius 2 is 2.05 bits per heavy atom. The van der Waals surface area contributed by atoms with E-state index in [-0.39, 0.29) is 0 Å². The van der Waals surface area contributed by atoms with Crippen LogP contribution in [-0.4, -0.2) is 43.9 Å². The molecule has 1 aromatic rings. The summed E-state index contributed by atoms with van der Waals surface area (Å²) >= 11 is 0. The fraction of sp³-hybridized carbons (Fsp3) is 0.562. The van der Waals surface area contributed by atoms with Gasteiger partial charge in [-0.15, -0.1) is 0 Å². The lowest BCUT2D eigenvalue weighted by atomic mass is 10.0. The molecule has 1 aliphatic rings. The van der Waals surface area contributed by atoms with E-state index in [1.165, 1.54) is 37.2 Å². The summed E-state index contributed by atoms with van der Waals surface area (Å²) < 4.78 is 0. The van der Waals surface area contributed by atoms with Gasteiger partial charge in [0.1, 0.15) is 6.29 Å². The molecule has 0 amide bonds. The van der Waals surface area contributed by atoms with Crippen molar-refractivity contribution in [2.24, 2.45) is 0 Å². The Morgan fingerprint density at radius 3 is 2.58 bits per heavy atom. The van der Waals surface area contributed by atoms with Crippen molar-refractivity contribution in [1.82, 2.24) is 4.90 Å². The molecule has 0 spiro atoms. The van der Waals surface area contributed by atoms with E-state index < -0.39 is 0 Å². The van der Waals surface area contributed by atoms with Gasteiger partial charge in [-0.25, -0.2) is 0 Å². The van der Waals surface area contributed by atoms with E-state index in [9.17, 15) is 4.79 Å². The Hall–Kier alpha value is -1.35. The summed E-state index contributed by atoms with van der Waals surface area (Å²) in [4.78, 5) is 15.7. The van der Waals surface area contributed by atoms with Gasteiger partial charge in [-0.1, -0.05) is 6.92 Å². The fourth-order valence-corrected chi connectivity index (χ4v) is 2.97. The summed E-state index contributed by atoms with van der Waals surface area (Å²) in [7, 11) is 2.18. The van der Waals surface area contributed by atoms with E-state index in [4.69, 9.17) is 0 Å². The average molecular weight is 260 g/mol. The quantitative estimate of drug-likeness (QED) is 0.778. The number of benzene rings is 1. The summed E-state index contributed by atoms with van der Waals surface area (Å²) in [6, 6.07) is 6.57. The van der Waals surface area contributed by atoms with Crippen LogP contribution in [0.4, 0.5) is 5.69 Å². The molecule has 1 saturated heterocycles. The number of aldehydes is 1. The first-order valence-corrected chi connectivity index (χ1v) is 7.16. The van der Waals surface area contributed by atoms with E-state index in [0.29, 0.717) is 6.04 Å². The smallest absolute Gasteiger partial charge is 0.150 e. The highest BCUT2D eigenvalue weighted by molar-refractivity contribution is 5.77. The van der Waals surface area contributed by atoms with Crippen LogP contribution in [0.15, 0.2) is 18.2 Å². The molecule has 0 unspecified atom stereocenters. The van der Waals surface area contributed by atoms with E-state index in [0.717, 1.165) is 18.4 Å². The summed E-state index contributed by atoms with van der Waals surface area (Å²) in [6.07, 6.45) is 3.36. The maximum atomic E-state index is 10.8. The molecule has 0 aromatic heterocycles. The third-order valence-electron chi connectivity index (χ3n) is 4.29. The topological polar surface area (TPSA) is 23.6 Å². The van der Waals surface area contributed by atoms with Gasteiger partial charge < -0.3 is 9.80 Å². The molecule has 104 valence electrons. The Labute approximate surface area is 116 Å². The van der Waals surface area contributed by atoms with Crippen LogP contribution in [0, 0.1) is 6.92 Å². The first-order valence-electron chi connectivity index (χ1n) is 7.16. The Balaban J connectivity index is 2.07. The number of rotatable bonds is 4. The first-order chi connectivity index (χ1) is 9.15. The van der Waals surface area contributed by atoms with Gasteiger partial charge in [0.2, 0.25) is 0 Å². The molecule has 3 nitrogen and oxygen atoms in total. The van der Waals surface area contributed by atoms with Gasteiger partial charge in [-0.2, -0.15) is 0 Å². The molecule has 0 radical (unpaired) electrons. The average Bonchev–Trinajstić information content (AvgIpc) is 2.46. The van der Waals surface area contributed by atoms with Crippen molar-refractivity contribution in [3.8, 4) is 0 Å². The summed E-state index contributed by atoms with van der Waals surface area (Å²) in [5.41, 5.74) is 3.20. The van der Waals surface area contributed by atoms with Crippen molar-refractivity contribution in [2.45, 2.75) is 32.7 Å². The highest BCUT2D eigenvalue weighted by Gasteiger charge is 2.22. The van der Waals surface area contributed by atoms with Gasteiger partial charge >= 0.3 is 0 Å². The number of carbonyl (C=O) groups excluding carboxylic acids is 1. The van der Waals surface area contributed by atoms with Crippen LogP contribution in [0.2, 0.25) is 0 Å². The van der Waals surface area contributed by atoms with Crippen LogP contribution in [-0.2, 0) is 0 Å². The normalized spacial score (nSPS) is 17.4. The van der Waals surface area contributed by atoms with Gasteiger partial charge in [0, 0.05) is 37.4 Å². The van der Waals surface area contributed by atoms with Crippen LogP contribution in [0.1, 0.15) is 35.7 Å². The number of anilines is 1. The number of carbonyl (C=O) groups is 1. The monoisotopic (exact) mass is 260 g/mol. The zero-order valence-corrected chi connectivity index (χ0v) is 12.2. The second kappa shape index (κ2) is 6.20. The van der Waals surface area contributed by atoms with Crippen molar-refractivity contribution >= 4 is 12.0 Å².